The summed E-state index contributed by atoms with van der Waals surface area (Å²) in [5.41, 5.74) is 0. The first-order valence-electron chi connectivity index (χ1n) is 5.55. The van der Waals surface area contributed by atoms with Gasteiger partial charge >= 0.3 is 0 Å². The molecule has 0 aliphatic carbocycles. The monoisotopic (exact) mass is 259 g/mol. The van der Waals surface area contributed by atoms with Crippen LogP contribution in [0.5, 0.6) is 0 Å². The topological polar surface area (TPSA) is 76.4 Å². The minimum absolute atomic E-state index is 0.253. The van der Waals surface area contributed by atoms with Gasteiger partial charge in [-0.25, -0.2) is 4.99 Å². The van der Waals surface area contributed by atoms with Crippen molar-refractivity contribution in [2.75, 3.05) is 26.6 Å². The zero-order valence-electron chi connectivity index (χ0n) is 9.96. The molecule has 0 aromatic carbocycles. The second-order valence-electron chi connectivity index (χ2n) is 4.55. The quantitative estimate of drug-likeness (QED) is 0.699. The molecule has 17 heavy (non-hydrogen) atoms. The number of amidine groups is 1. The van der Waals surface area contributed by atoms with Crippen molar-refractivity contribution in [2.24, 2.45) is 4.99 Å². The Morgan fingerprint density at radius 2 is 2.12 bits per heavy atom. The largest absolute Gasteiger partial charge is 0.394 e. The Bertz CT molecular complexity index is 355. The highest BCUT2D eigenvalue weighted by atomic mass is 32.2. The van der Waals surface area contributed by atoms with E-state index in [2.05, 4.69) is 4.99 Å². The molecular weight excluding hydrogens is 242 g/mol. The van der Waals surface area contributed by atoms with Gasteiger partial charge in [0.1, 0.15) is 4.75 Å². The van der Waals surface area contributed by atoms with Crippen LogP contribution in [0.4, 0.5) is 0 Å². The van der Waals surface area contributed by atoms with Crippen LogP contribution < -0.4 is 0 Å². The van der Waals surface area contributed by atoms with Gasteiger partial charge in [-0.2, -0.15) is 0 Å². The van der Waals surface area contributed by atoms with Crippen LogP contribution in [0, 0.1) is 0 Å². The predicted octanol–water partition coefficient (Wildman–Crippen LogP) is -0.720. The lowest BCUT2D eigenvalue weighted by Gasteiger charge is -2.33. The molecule has 0 saturated carbocycles. The van der Waals surface area contributed by atoms with Crippen molar-refractivity contribution in [2.45, 2.75) is 24.6 Å². The summed E-state index contributed by atoms with van der Waals surface area (Å²) in [4.78, 5) is 20.1. The lowest BCUT2D eigenvalue weighted by molar-refractivity contribution is -0.133. The van der Waals surface area contributed by atoms with Crippen molar-refractivity contribution in [3.05, 3.63) is 0 Å². The van der Waals surface area contributed by atoms with E-state index in [4.69, 9.17) is 0 Å². The minimum atomic E-state index is -1.15. The van der Waals surface area contributed by atoms with Crippen LogP contribution in [-0.2, 0) is 4.79 Å². The van der Waals surface area contributed by atoms with Gasteiger partial charge in [0.2, 0.25) is 0 Å². The number of aliphatic hydroxyl groups excluding tert-OH is 2. The number of rotatable bonds is 3. The molecule has 6 nitrogen and oxygen atoms in total. The second-order valence-corrected chi connectivity index (χ2v) is 5.90. The van der Waals surface area contributed by atoms with Crippen molar-refractivity contribution in [3.63, 3.8) is 0 Å². The molecule has 0 radical (unpaired) electrons. The number of amides is 1. The standard InChI is InChI=1S/C10H17N3O3S/c1-7(2)12-5-11-9-13(6-12)8(16)10(3-14,4-15)17-9/h7,14-15H,3-6H2,1-2H3. The van der Waals surface area contributed by atoms with Crippen LogP contribution in [0.25, 0.3) is 0 Å². The summed E-state index contributed by atoms with van der Waals surface area (Å²) in [7, 11) is 0. The lowest BCUT2D eigenvalue weighted by Crippen LogP contribution is -2.51. The smallest absolute Gasteiger partial charge is 0.251 e. The minimum Gasteiger partial charge on any atom is -0.394 e. The highest BCUT2D eigenvalue weighted by molar-refractivity contribution is 8.16. The number of carbonyl (C=O) groups is 1. The molecule has 0 bridgehead atoms. The fraction of sp³-hybridized carbons (Fsp3) is 0.800. The maximum Gasteiger partial charge on any atom is 0.251 e. The van der Waals surface area contributed by atoms with E-state index in [1.165, 1.54) is 0 Å². The van der Waals surface area contributed by atoms with Crippen molar-refractivity contribution in [1.82, 2.24) is 9.80 Å². The van der Waals surface area contributed by atoms with Crippen LogP contribution >= 0.6 is 11.8 Å². The van der Waals surface area contributed by atoms with Gasteiger partial charge in [0.15, 0.2) is 5.17 Å². The molecule has 2 aliphatic rings. The summed E-state index contributed by atoms with van der Waals surface area (Å²) >= 11 is 1.16. The zero-order chi connectivity index (χ0) is 12.6. The summed E-state index contributed by atoms with van der Waals surface area (Å²) in [5, 5.41) is 19.2. The molecule has 2 rings (SSSR count). The van der Waals surface area contributed by atoms with Gasteiger partial charge in [0.25, 0.3) is 5.91 Å². The van der Waals surface area contributed by atoms with Gasteiger partial charge in [-0.1, -0.05) is 11.8 Å². The average Bonchev–Trinajstić information content (AvgIpc) is 2.62. The third-order valence-corrected chi connectivity index (χ3v) is 4.46. The molecule has 96 valence electrons. The summed E-state index contributed by atoms with van der Waals surface area (Å²) in [6.45, 7) is 4.37. The molecule has 1 amide bonds. The number of nitrogens with zero attached hydrogens (tertiary/aromatic N) is 3. The predicted molar refractivity (Wildman–Crippen MR) is 65.5 cm³/mol. The van der Waals surface area contributed by atoms with Crippen LogP contribution in [0.15, 0.2) is 4.99 Å². The van der Waals surface area contributed by atoms with Crippen molar-refractivity contribution in [3.8, 4) is 0 Å². The highest BCUT2D eigenvalue weighted by Gasteiger charge is 2.52. The van der Waals surface area contributed by atoms with E-state index in [-0.39, 0.29) is 19.1 Å². The Morgan fingerprint density at radius 1 is 1.47 bits per heavy atom. The molecule has 0 spiro atoms. The first-order valence-corrected chi connectivity index (χ1v) is 6.37. The summed E-state index contributed by atoms with van der Waals surface area (Å²) in [6, 6.07) is 0.302. The summed E-state index contributed by atoms with van der Waals surface area (Å²) in [5.74, 6) is -0.253. The molecule has 2 aliphatic heterocycles. The van der Waals surface area contributed by atoms with Gasteiger partial charge in [-0.05, 0) is 13.8 Å². The highest BCUT2D eigenvalue weighted by Crippen LogP contribution is 2.38. The van der Waals surface area contributed by atoms with E-state index in [9.17, 15) is 15.0 Å². The Balaban J connectivity index is 2.22. The van der Waals surface area contributed by atoms with E-state index in [0.29, 0.717) is 24.5 Å². The number of thioether (sulfide) groups is 1. The number of aliphatic imine (C=N–C) groups is 1. The van der Waals surface area contributed by atoms with Crippen molar-refractivity contribution < 1.29 is 15.0 Å². The molecule has 0 aromatic heterocycles. The number of hydrogen-bond acceptors (Lipinski definition) is 6. The molecule has 1 fully saturated rings. The zero-order valence-corrected chi connectivity index (χ0v) is 10.8. The van der Waals surface area contributed by atoms with Gasteiger partial charge in [0, 0.05) is 6.04 Å². The number of hydrogen-bond donors (Lipinski definition) is 2. The van der Waals surface area contributed by atoms with E-state index in [1.807, 2.05) is 18.7 Å². The second kappa shape index (κ2) is 4.56. The first kappa shape index (κ1) is 12.8. The fourth-order valence-electron chi connectivity index (χ4n) is 1.80. The molecular formula is C10H17N3O3S. The van der Waals surface area contributed by atoms with Gasteiger partial charge < -0.3 is 10.2 Å². The average molecular weight is 259 g/mol. The maximum atomic E-state index is 12.2. The van der Waals surface area contributed by atoms with Gasteiger partial charge in [0.05, 0.1) is 26.6 Å². The summed E-state index contributed by atoms with van der Waals surface area (Å²) in [6.07, 6.45) is 0. The van der Waals surface area contributed by atoms with Crippen molar-refractivity contribution >= 4 is 22.8 Å². The van der Waals surface area contributed by atoms with Crippen LogP contribution in [0.1, 0.15) is 13.8 Å². The SMILES string of the molecule is CC(C)N1CN=C2SC(CO)(CO)C(=O)N2C1. The van der Waals surface area contributed by atoms with E-state index in [0.717, 1.165) is 11.8 Å². The molecule has 0 atom stereocenters. The third kappa shape index (κ3) is 1.97. The molecule has 1 saturated heterocycles. The van der Waals surface area contributed by atoms with Crippen molar-refractivity contribution in [1.29, 1.82) is 0 Å². The lowest BCUT2D eigenvalue weighted by atomic mass is 10.1. The van der Waals surface area contributed by atoms with E-state index < -0.39 is 4.75 Å². The number of fused-ring (bicyclic) bond motifs is 1. The van der Waals surface area contributed by atoms with E-state index in [1.54, 1.807) is 4.90 Å². The first-order chi connectivity index (χ1) is 8.04. The normalized spacial score (nSPS) is 24.2. The number of aliphatic hydroxyl groups is 2. The summed E-state index contributed by atoms with van der Waals surface area (Å²) < 4.78 is -1.15. The molecule has 2 heterocycles. The Kier molecular flexibility index (Phi) is 3.44. The molecule has 7 heteroatoms. The van der Waals surface area contributed by atoms with Crippen LogP contribution in [0.2, 0.25) is 0 Å². The maximum absolute atomic E-state index is 12.2. The Morgan fingerprint density at radius 3 is 2.65 bits per heavy atom. The van der Waals surface area contributed by atoms with Crippen LogP contribution in [-0.4, -0.2) is 68.4 Å². The van der Waals surface area contributed by atoms with E-state index >= 15 is 0 Å². The molecule has 0 aromatic rings. The molecule has 0 unspecified atom stereocenters. The fourth-order valence-corrected chi connectivity index (χ4v) is 2.85. The Labute approximate surface area is 104 Å². The third-order valence-electron chi connectivity index (χ3n) is 3.10. The Hall–Kier alpha value is -0.630. The molecule has 2 N–H and O–H groups in total. The number of carbonyl (C=O) groups excluding carboxylic acids is 1. The van der Waals surface area contributed by atoms with Crippen LogP contribution in [0.3, 0.4) is 0 Å². The van der Waals surface area contributed by atoms with Gasteiger partial charge in [-0.3, -0.25) is 14.6 Å². The van der Waals surface area contributed by atoms with Gasteiger partial charge in [-0.15, -0.1) is 0 Å².